The molecule has 0 saturated carbocycles. The number of anilines is 1. The van der Waals surface area contributed by atoms with Crippen LogP contribution in [0.2, 0.25) is 5.02 Å². The first-order valence-electron chi connectivity index (χ1n) is 6.41. The minimum atomic E-state index is 0.717. The standard InChI is InChI=1S/C15H19ClIN/c1-10-5-11(2)7-12(6-10)9-18-15-4-3-13(16)8-14(15)17/h3-5,8,10,12,18H,6-7,9H2,1-2H3. The summed E-state index contributed by atoms with van der Waals surface area (Å²) in [5, 5.41) is 4.36. The Morgan fingerprint density at radius 2 is 2.22 bits per heavy atom. The van der Waals surface area contributed by atoms with Crippen LogP contribution in [0.15, 0.2) is 29.8 Å². The zero-order chi connectivity index (χ0) is 13.1. The van der Waals surface area contributed by atoms with E-state index in [4.69, 9.17) is 11.6 Å². The second kappa shape index (κ2) is 6.29. The first-order valence-corrected chi connectivity index (χ1v) is 7.86. The normalized spacial score (nSPS) is 23.7. The topological polar surface area (TPSA) is 12.0 Å². The Morgan fingerprint density at radius 3 is 2.89 bits per heavy atom. The van der Waals surface area contributed by atoms with E-state index in [1.54, 1.807) is 0 Å². The van der Waals surface area contributed by atoms with E-state index in [-0.39, 0.29) is 0 Å². The van der Waals surface area contributed by atoms with Crippen LogP contribution in [-0.2, 0) is 0 Å². The molecule has 0 saturated heterocycles. The summed E-state index contributed by atoms with van der Waals surface area (Å²) in [6.07, 6.45) is 4.92. The monoisotopic (exact) mass is 375 g/mol. The van der Waals surface area contributed by atoms with Crippen molar-refractivity contribution < 1.29 is 0 Å². The van der Waals surface area contributed by atoms with E-state index >= 15 is 0 Å². The van der Waals surface area contributed by atoms with Gasteiger partial charge in [-0.15, -0.1) is 0 Å². The highest BCUT2D eigenvalue weighted by atomic mass is 127. The molecular weight excluding hydrogens is 357 g/mol. The first-order chi connectivity index (χ1) is 8.54. The predicted octanol–water partition coefficient (Wildman–Crippen LogP) is 5.35. The Balaban J connectivity index is 1.94. The zero-order valence-electron chi connectivity index (χ0n) is 10.8. The molecule has 1 aliphatic carbocycles. The van der Waals surface area contributed by atoms with Crippen molar-refractivity contribution in [1.82, 2.24) is 0 Å². The number of rotatable bonds is 3. The SMILES string of the molecule is CC1=CC(C)CC(CNc2ccc(Cl)cc2I)C1. The minimum absolute atomic E-state index is 0.717. The first kappa shape index (κ1) is 14.2. The molecule has 1 nitrogen and oxygen atoms in total. The van der Waals surface area contributed by atoms with E-state index in [0.29, 0.717) is 0 Å². The van der Waals surface area contributed by atoms with Gasteiger partial charge in [-0.25, -0.2) is 0 Å². The molecule has 2 rings (SSSR count). The van der Waals surface area contributed by atoms with Gasteiger partial charge >= 0.3 is 0 Å². The van der Waals surface area contributed by atoms with Crippen molar-refractivity contribution in [2.24, 2.45) is 11.8 Å². The van der Waals surface area contributed by atoms with Crippen molar-refractivity contribution in [3.8, 4) is 0 Å². The molecule has 0 amide bonds. The number of hydrogen-bond donors (Lipinski definition) is 1. The van der Waals surface area contributed by atoms with E-state index in [9.17, 15) is 0 Å². The molecule has 0 radical (unpaired) electrons. The summed E-state index contributed by atoms with van der Waals surface area (Å²) in [6, 6.07) is 6.01. The maximum atomic E-state index is 5.96. The Bertz CT molecular complexity index is 456. The highest BCUT2D eigenvalue weighted by molar-refractivity contribution is 14.1. The van der Waals surface area contributed by atoms with Crippen LogP contribution in [-0.4, -0.2) is 6.54 Å². The van der Waals surface area contributed by atoms with Gasteiger partial charge in [0.1, 0.15) is 0 Å². The lowest BCUT2D eigenvalue weighted by atomic mass is 9.84. The van der Waals surface area contributed by atoms with Crippen LogP contribution in [0.5, 0.6) is 0 Å². The van der Waals surface area contributed by atoms with Crippen LogP contribution in [0, 0.1) is 15.4 Å². The van der Waals surface area contributed by atoms with E-state index < -0.39 is 0 Å². The number of hydrogen-bond acceptors (Lipinski definition) is 1. The molecule has 3 heteroatoms. The van der Waals surface area contributed by atoms with Crippen LogP contribution in [0.4, 0.5) is 5.69 Å². The van der Waals surface area contributed by atoms with E-state index in [0.717, 1.165) is 23.4 Å². The van der Waals surface area contributed by atoms with Gasteiger partial charge < -0.3 is 5.32 Å². The largest absolute Gasteiger partial charge is 0.384 e. The van der Waals surface area contributed by atoms with Gasteiger partial charge in [-0.1, -0.05) is 30.2 Å². The van der Waals surface area contributed by atoms with Gasteiger partial charge in [0, 0.05) is 20.8 Å². The molecule has 18 heavy (non-hydrogen) atoms. The number of halogens is 2. The molecule has 1 N–H and O–H groups in total. The van der Waals surface area contributed by atoms with E-state index in [1.807, 2.05) is 12.1 Å². The summed E-state index contributed by atoms with van der Waals surface area (Å²) in [4.78, 5) is 0. The molecule has 2 atom stereocenters. The number of allylic oxidation sites excluding steroid dienone is 2. The molecule has 0 aliphatic heterocycles. The predicted molar refractivity (Wildman–Crippen MR) is 88.3 cm³/mol. The minimum Gasteiger partial charge on any atom is -0.384 e. The molecule has 0 heterocycles. The lowest BCUT2D eigenvalue weighted by molar-refractivity contribution is 0.421. The highest BCUT2D eigenvalue weighted by Gasteiger charge is 2.17. The molecule has 0 bridgehead atoms. The second-order valence-electron chi connectivity index (χ2n) is 5.30. The molecule has 1 aromatic rings. The van der Waals surface area contributed by atoms with Gasteiger partial charge in [-0.2, -0.15) is 0 Å². The third kappa shape index (κ3) is 3.89. The number of nitrogens with one attached hydrogen (secondary N) is 1. The van der Waals surface area contributed by atoms with Crippen LogP contribution in [0.1, 0.15) is 26.7 Å². The third-order valence-electron chi connectivity index (χ3n) is 3.40. The van der Waals surface area contributed by atoms with Crippen molar-refractivity contribution in [2.45, 2.75) is 26.7 Å². The summed E-state index contributed by atoms with van der Waals surface area (Å²) in [5.74, 6) is 1.46. The highest BCUT2D eigenvalue weighted by Crippen LogP contribution is 2.29. The molecule has 2 unspecified atom stereocenters. The summed E-state index contributed by atoms with van der Waals surface area (Å²) in [6.45, 7) is 5.60. The van der Waals surface area contributed by atoms with Crippen LogP contribution >= 0.6 is 34.2 Å². The lowest BCUT2D eigenvalue weighted by Gasteiger charge is -2.26. The number of benzene rings is 1. The van der Waals surface area contributed by atoms with Gasteiger partial charge in [0.05, 0.1) is 0 Å². The van der Waals surface area contributed by atoms with Crippen molar-refractivity contribution in [2.75, 3.05) is 11.9 Å². The molecule has 0 spiro atoms. The Hall–Kier alpha value is -0.220. The summed E-state index contributed by atoms with van der Waals surface area (Å²) in [7, 11) is 0. The van der Waals surface area contributed by atoms with Gasteiger partial charge in [0.25, 0.3) is 0 Å². The quantitative estimate of drug-likeness (QED) is 0.555. The average molecular weight is 376 g/mol. The lowest BCUT2D eigenvalue weighted by Crippen LogP contribution is -2.20. The fourth-order valence-corrected chi connectivity index (χ4v) is 3.79. The summed E-state index contributed by atoms with van der Waals surface area (Å²) >= 11 is 8.29. The molecule has 0 fully saturated rings. The van der Waals surface area contributed by atoms with Crippen LogP contribution in [0.3, 0.4) is 0 Å². The van der Waals surface area contributed by atoms with Crippen molar-refractivity contribution >= 4 is 39.9 Å². The van der Waals surface area contributed by atoms with E-state index in [1.165, 1.54) is 27.7 Å². The van der Waals surface area contributed by atoms with Crippen LogP contribution < -0.4 is 5.32 Å². The van der Waals surface area contributed by atoms with Gasteiger partial charge in [-0.05, 0) is 72.4 Å². The third-order valence-corrected chi connectivity index (χ3v) is 4.52. The van der Waals surface area contributed by atoms with Crippen LogP contribution in [0.25, 0.3) is 0 Å². The molecule has 1 aliphatic rings. The Morgan fingerprint density at radius 1 is 1.44 bits per heavy atom. The fraction of sp³-hybridized carbons (Fsp3) is 0.467. The summed E-state index contributed by atoms with van der Waals surface area (Å²) in [5.41, 5.74) is 2.73. The van der Waals surface area contributed by atoms with Gasteiger partial charge in [0.2, 0.25) is 0 Å². The van der Waals surface area contributed by atoms with Gasteiger partial charge in [0.15, 0.2) is 0 Å². The molecular formula is C15H19ClIN. The fourth-order valence-electron chi connectivity index (χ4n) is 2.73. The van der Waals surface area contributed by atoms with Crippen molar-refractivity contribution in [1.29, 1.82) is 0 Å². The molecule has 98 valence electrons. The van der Waals surface area contributed by atoms with Crippen molar-refractivity contribution in [3.63, 3.8) is 0 Å². The summed E-state index contributed by atoms with van der Waals surface area (Å²) < 4.78 is 1.19. The van der Waals surface area contributed by atoms with E-state index in [2.05, 4.69) is 53.9 Å². The maximum absolute atomic E-state index is 5.96. The molecule has 0 aromatic heterocycles. The van der Waals surface area contributed by atoms with Crippen molar-refractivity contribution in [3.05, 3.63) is 38.4 Å². The average Bonchev–Trinajstić information content (AvgIpc) is 2.26. The smallest absolute Gasteiger partial charge is 0.0477 e. The molecule has 1 aromatic carbocycles. The zero-order valence-corrected chi connectivity index (χ0v) is 13.8. The Kier molecular flexibility index (Phi) is 4.96. The maximum Gasteiger partial charge on any atom is 0.0477 e. The second-order valence-corrected chi connectivity index (χ2v) is 6.90. The Labute approximate surface area is 128 Å². The van der Waals surface area contributed by atoms with Gasteiger partial charge in [-0.3, -0.25) is 0 Å².